The average molecular weight is 191 g/mol. The quantitative estimate of drug-likeness (QED) is 0.672. The highest BCUT2D eigenvalue weighted by atomic mass is 15.0. The predicted molar refractivity (Wildman–Crippen MR) is 60.7 cm³/mol. The molecule has 0 saturated carbocycles. The van der Waals surface area contributed by atoms with E-state index in [0.717, 1.165) is 19.4 Å². The Hall–Kier alpha value is -0.860. The molecular weight excluding hydrogens is 172 g/mol. The highest BCUT2D eigenvalue weighted by Crippen LogP contribution is 2.04. The molecular formula is C12H19N2. The summed E-state index contributed by atoms with van der Waals surface area (Å²) < 4.78 is 0. The second-order valence-corrected chi connectivity index (χ2v) is 3.34. The largest absolute Gasteiger partial charge is 0.316 e. The highest BCUT2D eigenvalue weighted by molar-refractivity contribution is 5.15. The van der Waals surface area contributed by atoms with Gasteiger partial charge in [-0.1, -0.05) is 37.3 Å². The third-order valence-corrected chi connectivity index (χ3v) is 2.14. The second kappa shape index (κ2) is 6.57. The van der Waals surface area contributed by atoms with Crippen LogP contribution in [0.1, 0.15) is 18.9 Å². The van der Waals surface area contributed by atoms with Crippen LogP contribution in [-0.2, 0) is 6.42 Å². The van der Waals surface area contributed by atoms with Crippen molar-refractivity contribution in [1.82, 2.24) is 5.32 Å². The maximum atomic E-state index is 5.78. The van der Waals surface area contributed by atoms with Crippen molar-refractivity contribution in [2.24, 2.45) is 5.73 Å². The lowest BCUT2D eigenvalue weighted by molar-refractivity contribution is 0.583. The number of benzene rings is 1. The predicted octanol–water partition coefficient (Wildman–Crippen LogP) is 1.72. The minimum absolute atomic E-state index is 0.0312. The first kappa shape index (κ1) is 11.2. The van der Waals surface area contributed by atoms with E-state index in [1.807, 2.05) is 6.07 Å². The fourth-order valence-electron chi connectivity index (χ4n) is 1.39. The lowest BCUT2D eigenvalue weighted by Gasteiger charge is -2.11. The summed E-state index contributed by atoms with van der Waals surface area (Å²) in [6.45, 7) is 2.98. The first-order valence-electron chi connectivity index (χ1n) is 5.19. The van der Waals surface area contributed by atoms with E-state index in [0.29, 0.717) is 0 Å². The van der Waals surface area contributed by atoms with Gasteiger partial charge >= 0.3 is 0 Å². The molecule has 1 radical (unpaired) electrons. The molecule has 3 N–H and O–H groups in total. The SMILES string of the molecule is CCNC(N)[CH]CCc1ccccc1. The Labute approximate surface area is 86.5 Å². The van der Waals surface area contributed by atoms with Crippen LogP contribution in [0.2, 0.25) is 0 Å². The number of hydrogen-bond donors (Lipinski definition) is 2. The van der Waals surface area contributed by atoms with E-state index in [-0.39, 0.29) is 6.17 Å². The molecule has 0 amide bonds. The topological polar surface area (TPSA) is 38.0 Å². The molecule has 1 atom stereocenters. The van der Waals surface area contributed by atoms with E-state index in [1.165, 1.54) is 5.56 Å². The standard InChI is InChI=1S/C12H19N2/c1-2-14-12(13)10-6-9-11-7-4-3-5-8-11/h3-5,7-8,10,12,14H,2,6,9,13H2,1H3. The summed E-state index contributed by atoms with van der Waals surface area (Å²) in [6, 6.07) is 10.5. The Morgan fingerprint density at radius 2 is 2.07 bits per heavy atom. The Morgan fingerprint density at radius 3 is 2.71 bits per heavy atom. The second-order valence-electron chi connectivity index (χ2n) is 3.34. The minimum Gasteiger partial charge on any atom is -0.316 e. The Kier molecular flexibility index (Phi) is 5.27. The molecule has 1 unspecified atom stereocenters. The lowest BCUT2D eigenvalue weighted by Crippen LogP contribution is -2.37. The summed E-state index contributed by atoms with van der Waals surface area (Å²) in [5, 5.41) is 3.15. The van der Waals surface area contributed by atoms with Crippen LogP contribution in [0.4, 0.5) is 0 Å². The van der Waals surface area contributed by atoms with E-state index < -0.39 is 0 Å². The molecule has 0 bridgehead atoms. The summed E-state index contributed by atoms with van der Waals surface area (Å²) >= 11 is 0. The van der Waals surface area contributed by atoms with E-state index in [2.05, 4.69) is 42.9 Å². The van der Waals surface area contributed by atoms with Gasteiger partial charge in [-0.15, -0.1) is 0 Å². The van der Waals surface area contributed by atoms with Crippen molar-refractivity contribution in [3.05, 3.63) is 42.3 Å². The van der Waals surface area contributed by atoms with Gasteiger partial charge in [0.1, 0.15) is 0 Å². The van der Waals surface area contributed by atoms with Crippen LogP contribution in [0.25, 0.3) is 0 Å². The fraction of sp³-hybridized carbons (Fsp3) is 0.417. The molecule has 0 aliphatic rings. The van der Waals surface area contributed by atoms with Gasteiger partial charge < -0.3 is 11.1 Å². The van der Waals surface area contributed by atoms with E-state index >= 15 is 0 Å². The number of hydrogen-bond acceptors (Lipinski definition) is 2. The van der Waals surface area contributed by atoms with Crippen LogP contribution < -0.4 is 11.1 Å². The number of nitrogens with two attached hydrogens (primary N) is 1. The van der Waals surface area contributed by atoms with Gasteiger partial charge in [-0.05, 0) is 31.4 Å². The first-order chi connectivity index (χ1) is 6.83. The van der Waals surface area contributed by atoms with E-state index in [9.17, 15) is 0 Å². The molecule has 1 aromatic rings. The molecule has 0 spiro atoms. The van der Waals surface area contributed by atoms with Crippen LogP contribution in [0.5, 0.6) is 0 Å². The molecule has 0 saturated heterocycles. The van der Waals surface area contributed by atoms with Gasteiger partial charge in [0.05, 0.1) is 6.17 Å². The molecule has 2 heteroatoms. The number of aryl methyl sites for hydroxylation is 1. The first-order valence-corrected chi connectivity index (χ1v) is 5.19. The summed E-state index contributed by atoms with van der Waals surface area (Å²) in [7, 11) is 0. The Bertz CT molecular complexity index is 233. The molecule has 1 rings (SSSR count). The van der Waals surface area contributed by atoms with Crippen molar-refractivity contribution in [3.63, 3.8) is 0 Å². The van der Waals surface area contributed by atoms with Gasteiger partial charge in [-0.25, -0.2) is 0 Å². The van der Waals surface area contributed by atoms with Crippen molar-refractivity contribution in [2.45, 2.75) is 25.9 Å². The third kappa shape index (κ3) is 4.40. The fourth-order valence-corrected chi connectivity index (χ4v) is 1.39. The summed E-state index contributed by atoms with van der Waals surface area (Å²) in [4.78, 5) is 0. The summed E-state index contributed by atoms with van der Waals surface area (Å²) in [5.41, 5.74) is 7.15. The molecule has 0 aliphatic carbocycles. The third-order valence-electron chi connectivity index (χ3n) is 2.14. The molecule has 1 aromatic carbocycles. The van der Waals surface area contributed by atoms with Crippen molar-refractivity contribution < 1.29 is 0 Å². The maximum Gasteiger partial charge on any atom is 0.0579 e. The molecule has 14 heavy (non-hydrogen) atoms. The van der Waals surface area contributed by atoms with Gasteiger partial charge in [0.2, 0.25) is 0 Å². The summed E-state index contributed by atoms with van der Waals surface area (Å²) in [5.74, 6) is 0. The van der Waals surface area contributed by atoms with Crippen LogP contribution in [0, 0.1) is 6.42 Å². The lowest BCUT2D eigenvalue weighted by atomic mass is 10.1. The number of nitrogens with one attached hydrogen (secondary N) is 1. The highest BCUT2D eigenvalue weighted by Gasteiger charge is 1.99. The molecule has 0 aromatic heterocycles. The van der Waals surface area contributed by atoms with E-state index in [1.54, 1.807) is 0 Å². The molecule has 77 valence electrons. The van der Waals surface area contributed by atoms with Crippen LogP contribution in [0.3, 0.4) is 0 Å². The normalized spacial score (nSPS) is 12.7. The average Bonchev–Trinajstić information content (AvgIpc) is 2.20. The van der Waals surface area contributed by atoms with Gasteiger partial charge in [0.25, 0.3) is 0 Å². The van der Waals surface area contributed by atoms with Crippen LogP contribution in [-0.4, -0.2) is 12.7 Å². The minimum atomic E-state index is 0.0312. The zero-order valence-corrected chi connectivity index (χ0v) is 8.74. The van der Waals surface area contributed by atoms with Crippen molar-refractivity contribution in [3.8, 4) is 0 Å². The van der Waals surface area contributed by atoms with Crippen LogP contribution >= 0.6 is 0 Å². The van der Waals surface area contributed by atoms with Crippen molar-refractivity contribution in [1.29, 1.82) is 0 Å². The zero-order valence-electron chi connectivity index (χ0n) is 8.74. The molecule has 0 aliphatic heterocycles. The van der Waals surface area contributed by atoms with Gasteiger partial charge in [0.15, 0.2) is 0 Å². The van der Waals surface area contributed by atoms with Crippen molar-refractivity contribution >= 4 is 0 Å². The van der Waals surface area contributed by atoms with E-state index in [4.69, 9.17) is 5.73 Å². The summed E-state index contributed by atoms with van der Waals surface area (Å²) in [6.07, 6.45) is 4.25. The zero-order chi connectivity index (χ0) is 10.2. The monoisotopic (exact) mass is 191 g/mol. The Morgan fingerprint density at radius 1 is 1.36 bits per heavy atom. The van der Waals surface area contributed by atoms with Gasteiger partial charge in [-0.3, -0.25) is 0 Å². The Balaban J connectivity index is 2.16. The maximum absolute atomic E-state index is 5.78. The van der Waals surface area contributed by atoms with Crippen LogP contribution in [0.15, 0.2) is 30.3 Å². The smallest absolute Gasteiger partial charge is 0.0579 e. The molecule has 0 fully saturated rings. The van der Waals surface area contributed by atoms with Gasteiger partial charge in [0, 0.05) is 0 Å². The number of rotatable bonds is 6. The van der Waals surface area contributed by atoms with Crippen molar-refractivity contribution in [2.75, 3.05) is 6.54 Å². The molecule has 2 nitrogen and oxygen atoms in total. The molecule has 0 heterocycles. The van der Waals surface area contributed by atoms with Gasteiger partial charge in [-0.2, -0.15) is 0 Å².